The molecule has 4 rings (SSSR count). The Morgan fingerprint density at radius 3 is 2.78 bits per heavy atom. The summed E-state index contributed by atoms with van der Waals surface area (Å²) in [6.07, 6.45) is 2.29. The van der Waals surface area contributed by atoms with Crippen LogP contribution in [0.4, 0.5) is 0 Å². The largest absolute Gasteiger partial charge is 0.349 e. The Kier molecular flexibility index (Phi) is 5.52. The van der Waals surface area contributed by atoms with Gasteiger partial charge in [0.05, 0.1) is 16.7 Å². The summed E-state index contributed by atoms with van der Waals surface area (Å²) in [7, 11) is 0. The molecule has 0 bridgehead atoms. The molecule has 2 aromatic heterocycles. The van der Waals surface area contributed by atoms with Gasteiger partial charge >= 0.3 is 0 Å². The highest BCUT2D eigenvalue weighted by Gasteiger charge is 2.30. The van der Waals surface area contributed by atoms with E-state index in [4.69, 9.17) is 11.6 Å². The third kappa shape index (κ3) is 4.36. The predicted molar refractivity (Wildman–Crippen MR) is 110 cm³/mol. The summed E-state index contributed by atoms with van der Waals surface area (Å²) in [6, 6.07) is 12.0. The van der Waals surface area contributed by atoms with Gasteiger partial charge in [-0.1, -0.05) is 41.6 Å². The molecular weight excluding hydrogens is 400 g/mol. The lowest BCUT2D eigenvalue weighted by atomic mass is 10.1. The Balaban J connectivity index is 1.40. The number of hydrogen-bond acceptors (Lipinski definition) is 5. The van der Waals surface area contributed by atoms with Gasteiger partial charge in [0.2, 0.25) is 5.91 Å². The minimum atomic E-state index is -0.0710. The van der Waals surface area contributed by atoms with Crippen LogP contribution in [0.5, 0.6) is 0 Å². The molecule has 1 aliphatic carbocycles. The van der Waals surface area contributed by atoms with E-state index in [1.807, 2.05) is 42.6 Å². The fourth-order valence-corrected chi connectivity index (χ4v) is 4.51. The number of aromatic nitrogens is 3. The highest BCUT2D eigenvalue weighted by molar-refractivity contribution is 7.99. The van der Waals surface area contributed by atoms with Gasteiger partial charge in [-0.3, -0.25) is 9.36 Å². The van der Waals surface area contributed by atoms with Crippen LogP contribution in [0.1, 0.15) is 37.4 Å². The van der Waals surface area contributed by atoms with Crippen LogP contribution in [0, 0.1) is 0 Å². The number of nitrogens with one attached hydrogen (secondary N) is 1. The molecule has 1 fully saturated rings. The van der Waals surface area contributed by atoms with E-state index in [0.29, 0.717) is 16.8 Å². The molecule has 0 saturated heterocycles. The van der Waals surface area contributed by atoms with Gasteiger partial charge in [0, 0.05) is 11.1 Å². The van der Waals surface area contributed by atoms with Gasteiger partial charge in [-0.2, -0.15) is 0 Å². The maximum absolute atomic E-state index is 12.4. The minimum absolute atomic E-state index is 0.0227. The summed E-state index contributed by atoms with van der Waals surface area (Å²) < 4.78 is 2.19. The first-order chi connectivity index (χ1) is 13.1. The van der Waals surface area contributed by atoms with E-state index in [9.17, 15) is 4.79 Å². The molecule has 8 heteroatoms. The van der Waals surface area contributed by atoms with Crippen LogP contribution in [-0.2, 0) is 4.79 Å². The Hall–Kier alpha value is -1.83. The number of hydrogen-bond donors (Lipinski definition) is 1. The molecule has 0 aliphatic heterocycles. The van der Waals surface area contributed by atoms with Crippen molar-refractivity contribution in [3.8, 4) is 10.7 Å². The number of thioether (sulfide) groups is 1. The lowest BCUT2D eigenvalue weighted by Crippen LogP contribution is -2.28. The van der Waals surface area contributed by atoms with E-state index in [2.05, 4.69) is 26.1 Å². The van der Waals surface area contributed by atoms with E-state index >= 15 is 0 Å². The molecule has 0 unspecified atom stereocenters. The Morgan fingerprint density at radius 1 is 1.33 bits per heavy atom. The number of halogens is 1. The Labute approximate surface area is 171 Å². The fourth-order valence-electron chi connectivity index (χ4n) is 2.86. The number of benzene rings is 1. The van der Waals surface area contributed by atoms with Gasteiger partial charge in [-0.05, 0) is 48.9 Å². The first kappa shape index (κ1) is 18.5. The number of carbonyl (C=O) groups is 1. The van der Waals surface area contributed by atoms with Crippen LogP contribution in [0.15, 0.2) is 46.9 Å². The quantitative estimate of drug-likeness (QED) is 0.550. The predicted octanol–water partition coefficient (Wildman–Crippen LogP) is 4.96. The third-order valence-corrected chi connectivity index (χ3v) is 6.46. The molecule has 3 aromatic rings. The molecule has 0 spiro atoms. The highest BCUT2D eigenvalue weighted by atomic mass is 35.5. The van der Waals surface area contributed by atoms with Crippen molar-refractivity contribution in [1.29, 1.82) is 0 Å². The molecule has 1 atom stereocenters. The van der Waals surface area contributed by atoms with Crippen LogP contribution in [0.3, 0.4) is 0 Å². The van der Waals surface area contributed by atoms with Crippen molar-refractivity contribution < 1.29 is 4.79 Å². The third-order valence-electron chi connectivity index (χ3n) is 4.40. The van der Waals surface area contributed by atoms with Crippen LogP contribution >= 0.6 is 34.7 Å². The van der Waals surface area contributed by atoms with Crippen molar-refractivity contribution in [3.05, 3.63) is 52.4 Å². The van der Waals surface area contributed by atoms with E-state index in [1.54, 1.807) is 11.3 Å². The van der Waals surface area contributed by atoms with Gasteiger partial charge in [0.15, 0.2) is 11.0 Å². The van der Waals surface area contributed by atoms with E-state index in [-0.39, 0.29) is 11.9 Å². The second-order valence-corrected chi connectivity index (χ2v) is 8.84. The number of carbonyl (C=O) groups excluding carboxylic acids is 1. The lowest BCUT2D eigenvalue weighted by Gasteiger charge is -2.14. The van der Waals surface area contributed by atoms with Crippen molar-refractivity contribution in [2.45, 2.75) is 37.0 Å². The normalized spacial score (nSPS) is 14.9. The topological polar surface area (TPSA) is 59.8 Å². The van der Waals surface area contributed by atoms with Gasteiger partial charge < -0.3 is 5.32 Å². The maximum Gasteiger partial charge on any atom is 0.230 e. The molecule has 1 amide bonds. The summed E-state index contributed by atoms with van der Waals surface area (Å²) in [5, 5.41) is 15.3. The zero-order valence-electron chi connectivity index (χ0n) is 14.8. The van der Waals surface area contributed by atoms with Crippen LogP contribution < -0.4 is 5.32 Å². The van der Waals surface area contributed by atoms with Crippen molar-refractivity contribution >= 4 is 40.6 Å². The standard InChI is InChI=1S/C19H19ClN4OS2/c1-12(13-4-6-14(20)7-5-13)21-17(25)11-27-19-23-22-18(16-3-2-10-26-16)24(19)15-8-9-15/h2-7,10,12,15H,8-9,11H2,1H3,(H,21,25)/t12-/m0/s1. The molecule has 5 nitrogen and oxygen atoms in total. The maximum atomic E-state index is 12.4. The average Bonchev–Trinajstić information content (AvgIpc) is 3.18. The number of nitrogens with zero attached hydrogens (tertiary/aromatic N) is 3. The zero-order valence-corrected chi connectivity index (χ0v) is 17.2. The molecular formula is C19H19ClN4OS2. The summed E-state index contributed by atoms with van der Waals surface area (Å²) in [6.45, 7) is 1.97. The summed E-state index contributed by atoms with van der Waals surface area (Å²) in [5.41, 5.74) is 1.03. The summed E-state index contributed by atoms with van der Waals surface area (Å²) >= 11 is 9.02. The molecule has 1 saturated carbocycles. The SMILES string of the molecule is C[C@H](NC(=O)CSc1nnc(-c2cccs2)n1C1CC1)c1ccc(Cl)cc1. The molecule has 140 valence electrons. The first-order valence-electron chi connectivity index (χ1n) is 8.78. The number of thiophene rings is 1. The molecule has 27 heavy (non-hydrogen) atoms. The minimum Gasteiger partial charge on any atom is -0.349 e. The van der Waals surface area contributed by atoms with Crippen molar-refractivity contribution in [2.24, 2.45) is 0 Å². The van der Waals surface area contributed by atoms with Gasteiger partial charge in [0.25, 0.3) is 0 Å². The second kappa shape index (κ2) is 8.04. The van der Waals surface area contributed by atoms with Crippen LogP contribution in [0.2, 0.25) is 5.02 Å². The van der Waals surface area contributed by atoms with Gasteiger partial charge in [0.1, 0.15) is 0 Å². The Morgan fingerprint density at radius 2 is 2.11 bits per heavy atom. The van der Waals surface area contributed by atoms with Gasteiger partial charge in [-0.25, -0.2) is 0 Å². The monoisotopic (exact) mass is 418 g/mol. The molecule has 1 aliphatic rings. The van der Waals surface area contributed by atoms with Crippen LogP contribution in [-0.4, -0.2) is 26.4 Å². The lowest BCUT2D eigenvalue weighted by molar-refractivity contribution is -0.119. The summed E-state index contributed by atoms with van der Waals surface area (Å²) in [5.74, 6) is 1.20. The zero-order chi connectivity index (χ0) is 18.8. The first-order valence-corrected chi connectivity index (χ1v) is 11.0. The Bertz CT molecular complexity index is 920. The number of rotatable bonds is 7. The smallest absolute Gasteiger partial charge is 0.230 e. The molecule has 1 N–H and O–H groups in total. The molecule has 2 heterocycles. The average molecular weight is 419 g/mol. The van der Waals surface area contributed by atoms with Crippen molar-refractivity contribution in [2.75, 3.05) is 5.75 Å². The van der Waals surface area contributed by atoms with E-state index in [0.717, 1.165) is 34.3 Å². The second-order valence-electron chi connectivity index (χ2n) is 6.51. The van der Waals surface area contributed by atoms with E-state index < -0.39 is 0 Å². The van der Waals surface area contributed by atoms with Gasteiger partial charge in [-0.15, -0.1) is 21.5 Å². The molecule has 0 radical (unpaired) electrons. The summed E-state index contributed by atoms with van der Waals surface area (Å²) in [4.78, 5) is 13.5. The van der Waals surface area contributed by atoms with Crippen LogP contribution in [0.25, 0.3) is 10.7 Å². The number of amides is 1. The van der Waals surface area contributed by atoms with Crippen molar-refractivity contribution in [3.63, 3.8) is 0 Å². The van der Waals surface area contributed by atoms with Crippen molar-refractivity contribution in [1.82, 2.24) is 20.1 Å². The van der Waals surface area contributed by atoms with E-state index in [1.165, 1.54) is 11.8 Å². The highest BCUT2D eigenvalue weighted by Crippen LogP contribution is 2.41. The fraction of sp³-hybridized carbons (Fsp3) is 0.316. The molecule has 1 aromatic carbocycles.